The highest BCUT2D eigenvalue weighted by atomic mass is 127. The molecule has 1 saturated heterocycles. The minimum absolute atomic E-state index is 0.0575. The number of nitro benzene ring substituents is 1. The van der Waals surface area contributed by atoms with Gasteiger partial charge in [0.25, 0.3) is 11.6 Å². The summed E-state index contributed by atoms with van der Waals surface area (Å²) in [4.78, 5) is 25.3. The minimum atomic E-state index is -0.486. The van der Waals surface area contributed by atoms with E-state index in [1.165, 1.54) is 12.1 Å². The Morgan fingerprint density at radius 2 is 1.89 bits per heavy atom. The Balaban J connectivity index is 1.59. The molecule has 2 aromatic rings. The molecule has 1 heterocycles. The molecule has 7 nitrogen and oxygen atoms in total. The number of anilines is 1. The van der Waals surface area contributed by atoms with Crippen molar-refractivity contribution in [3.8, 4) is 5.75 Å². The van der Waals surface area contributed by atoms with E-state index in [0.717, 1.165) is 37.4 Å². The first-order chi connectivity index (χ1) is 13.0. The van der Waals surface area contributed by atoms with Gasteiger partial charge in [-0.25, -0.2) is 0 Å². The zero-order chi connectivity index (χ0) is 19.4. The standard InChI is InChI=1S/C19H20IN3O4/c1-27-16-5-2-14(3-6-16)22-10-8-13(9-11-22)21-19(24)17-12-15(23(25)26)4-7-18(17)20/h2-7,12-13H,8-11H2,1H3,(H,21,24). The molecule has 0 bridgehead atoms. The number of methoxy groups -OCH3 is 1. The van der Waals surface area contributed by atoms with Gasteiger partial charge in [0.1, 0.15) is 5.75 Å². The molecule has 0 aromatic heterocycles. The molecular formula is C19H20IN3O4. The highest BCUT2D eigenvalue weighted by molar-refractivity contribution is 14.1. The largest absolute Gasteiger partial charge is 0.497 e. The molecule has 2 aromatic carbocycles. The van der Waals surface area contributed by atoms with Crippen LogP contribution in [0, 0.1) is 13.7 Å². The topological polar surface area (TPSA) is 84.7 Å². The van der Waals surface area contributed by atoms with Crippen LogP contribution in [0.2, 0.25) is 0 Å². The molecule has 1 amide bonds. The minimum Gasteiger partial charge on any atom is -0.497 e. The normalized spacial score (nSPS) is 14.7. The summed E-state index contributed by atoms with van der Waals surface area (Å²) >= 11 is 2.02. The molecule has 27 heavy (non-hydrogen) atoms. The maximum atomic E-state index is 12.6. The molecule has 1 aliphatic rings. The molecule has 3 rings (SSSR count). The molecule has 0 aliphatic carbocycles. The summed E-state index contributed by atoms with van der Waals surface area (Å²) < 4.78 is 5.88. The highest BCUT2D eigenvalue weighted by Gasteiger charge is 2.23. The third-order valence-electron chi connectivity index (χ3n) is 4.67. The summed E-state index contributed by atoms with van der Waals surface area (Å²) in [6.07, 6.45) is 1.65. The lowest BCUT2D eigenvalue weighted by atomic mass is 10.0. The summed E-state index contributed by atoms with van der Waals surface area (Å²) in [7, 11) is 1.64. The Kier molecular flexibility index (Phi) is 6.15. The SMILES string of the molecule is COc1ccc(N2CCC(NC(=O)c3cc([N+](=O)[O-])ccc3I)CC2)cc1. The molecule has 8 heteroatoms. The monoisotopic (exact) mass is 481 g/mol. The molecule has 1 N–H and O–H groups in total. The Bertz CT molecular complexity index is 833. The Labute approximate surface area is 171 Å². The van der Waals surface area contributed by atoms with Crippen molar-refractivity contribution in [1.29, 1.82) is 0 Å². The lowest BCUT2D eigenvalue weighted by Crippen LogP contribution is -2.44. The molecular weight excluding hydrogens is 461 g/mol. The van der Waals surface area contributed by atoms with E-state index in [9.17, 15) is 14.9 Å². The second-order valence-corrected chi connectivity index (χ2v) is 7.52. The van der Waals surface area contributed by atoms with Crippen molar-refractivity contribution in [2.24, 2.45) is 0 Å². The van der Waals surface area contributed by atoms with Crippen LogP contribution in [-0.2, 0) is 0 Å². The van der Waals surface area contributed by atoms with E-state index < -0.39 is 4.92 Å². The Morgan fingerprint density at radius 1 is 1.22 bits per heavy atom. The van der Waals surface area contributed by atoms with Crippen LogP contribution < -0.4 is 15.0 Å². The maximum absolute atomic E-state index is 12.6. The quantitative estimate of drug-likeness (QED) is 0.401. The molecule has 1 fully saturated rings. The third kappa shape index (κ3) is 4.68. The van der Waals surface area contributed by atoms with Crippen molar-refractivity contribution < 1.29 is 14.5 Å². The van der Waals surface area contributed by atoms with Gasteiger partial charge in [-0.3, -0.25) is 14.9 Å². The maximum Gasteiger partial charge on any atom is 0.270 e. The van der Waals surface area contributed by atoms with Crippen molar-refractivity contribution in [1.82, 2.24) is 5.32 Å². The number of nitrogens with one attached hydrogen (secondary N) is 1. The number of nitrogens with zero attached hydrogens (tertiary/aromatic N) is 2. The van der Waals surface area contributed by atoms with Crippen molar-refractivity contribution >= 4 is 39.9 Å². The molecule has 0 unspecified atom stereocenters. The molecule has 142 valence electrons. The van der Waals surface area contributed by atoms with E-state index in [2.05, 4.69) is 10.2 Å². The van der Waals surface area contributed by atoms with Crippen molar-refractivity contribution in [3.63, 3.8) is 0 Å². The van der Waals surface area contributed by atoms with E-state index >= 15 is 0 Å². The van der Waals surface area contributed by atoms with Crippen LogP contribution in [-0.4, -0.2) is 37.1 Å². The smallest absolute Gasteiger partial charge is 0.270 e. The Hall–Kier alpha value is -2.36. The van der Waals surface area contributed by atoms with Crippen LogP contribution in [0.3, 0.4) is 0 Å². The number of hydrogen-bond donors (Lipinski definition) is 1. The van der Waals surface area contributed by atoms with Gasteiger partial charge in [-0.15, -0.1) is 0 Å². The summed E-state index contributed by atoms with van der Waals surface area (Å²) in [5, 5.41) is 14.0. The number of non-ortho nitro benzene ring substituents is 1. The molecule has 0 spiro atoms. The van der Waals surface area contributed by atoms with Crippen LogP contribution in [0.5, 0.6) is 5.75 Å². The van der Waals surface area contributed by atoms with Gasteiger partial charge in [-0.1, -0.05) is 0 Å². The number of benzene rings is 2. The van der Waals surface area contributed by atoms with Crippen molar-refractivity contribution in [3.05, 3.63) is 61.7 Å². The molecule has 1 aliphatic heterocycles. The van der Waals surface area contributed by atoms with Crippen LogP contribution in [0.4, 0.5) is 11.4 Å². The highest BCUT2D eigenvalue weighted by Crippen LogP contribution is 2.24. The first-order valence-corrected chi connectivity index (χ1v) is 9.69. The fraction of sp³-hybridized carbons (Fsp3) is 0.316. The number of amides is 1. The number of rotatable bonds is 5. The first-order valence-electron chi connectivity index (χ1n) is 8.61. The van der Waals surface area contributed by atoms with Crippen LogP contribution >= 0.6 is 22.6 Å². The lowest BCUT2D eigenvalue weighted by molar-refractivity contribution is -0.384. The number of ether oxygens (including phenoxy) is 1. The number of hydrogen-bond acceptors (Lipinski definition) is 5. The van der Waals surface area contributed by atoms with E-state index in [4.69, 9.17) is 4.74 Å². The molecule has 0 saturated carbocycles. The molecule has 0 radical (unpaired) electrons. The van der Waals surface area contributed by atoms with Gasteiger partial charge in [0.15, 0.2) is 0 Å². The van der Waals surface area contributed by atoms with Gasteiger partial charge in [0, 0.05) is 40.5 Å². The van der Waals surface area contributed by atoms with Crippen molar-refractivity contribution in [2.45, 2.75) is 18.9 Å². The predicted octanol–water partition coefficient (Wildman–Crippen LogP) is 3.61. The number of halogens is 1. The number of carbonyl (C=O) groups excluding carboxylic acids is 1. The Morgan fingerprint density at radius 3 is 2.48 bits per heavy atom. The van der Waals surface area contributed by atoms with Crippen LogP contribution in [0.1, 0.15) is 23.2 Å². The van der Waals surface area contributed by atoms with E-state index in [1.807, 2.05) is 46.9 Å². The zero-order valence-corrected chi connectivity index (χ0v) is 17.0. The van der Waals surface area contributed by atoms with Gasteiger partial charge in [-0.05, 0) is 65.8 Å². The van der Waals surface area contributed by atoms with Gasteiger partial charge < -0.3 is 15.0 Å². The van der Waals surface area contributed by atoms with Gasteiger partial charge >= 0.3 is 0 Å². The van der Waals surface area contributed by atoms with Crippen molar-refractivity contribution in [2.75, 3.05) is 25.1 Å². The van der Waals surface area contributed by atoms with E-state index in [0.29, 0.717) is 9.13 Å². The zero-order valence-electron chi connectivity index (χ0n) is 14.9. The second kappa shape index (κ2) is 8.55. The van der Waals surface area contributed by atoms with E-state index in [-0.39, 0.29) is 17.6 Å². The molecule has 0 atom stereocenters. The number of carbonyl (C=O) groups is 1. The summed E-state index contributed by atoms with van der Waals surface area (Å²) in [5.74, 6) is 0.568. The first kappa shape index (κ1) is 19.4. The fourth-order valence-electron chi connectivity index (χ4n) is 3.14. The van der Waals surface area contributed by atoms with Crippen LogP contribution in [0.25, 0.3) is 0 Å². The summed E-state index contributed by atoms with van der Waals surface area (Å²) in [6, 6.07) is 12.3. The van der Waals surface area contributed by atoms with E-state index in [1.54, 1.807) is 13.2 Å². The fourth-order valence-corrected chi connectivity index (χ4v) is 3.72. The predicted molar refractivity (Wildman–Crippen MR) is 112 cm³/mol. The van der Waals surface area contributed by atoms with Crippen LogP contribution in [0.15, 0.2) is 42.5 Å². The number of nitro groups is 1. The average molecular weight is 481 g/mol. The van der Waals surface area contributed by atoms with Gasteiger partial charge in [-0.2, -0.15) is 0 Å². The summed E-state index contributed by atoms with van der Waals surface area (Å²) in [5.41, 5.74) is 1.41. The average Bonchev–Trinajstić information content (AvgIpc) is 2.68. The summed E-state index contributed by atoms with van der Waals surface area (Å²) in [6.45, 7) is 1.67. The number of piperidine rings is 1. The van der Waals surface area contributed by atoms with Gasteiger partial charge in [0.05, 0.1) is 17.6 Å². The van der Waals surface area contributed by atoms with Gasteiger partial charge in [0.2, 0.25) is 0 Å². The lowest BCUT2D eigenvalue weighted by Gasteiger charge is -2.34. The third-order valence-corrected chi connectivity index (χ3v) is 5.61. The second-order valence-electron chi connectivity index (χ2n) is 6.35.